The highest BCUT2D eigenvalue weighted by Crippen LogP contribution is 2.10. The Morgan fingerprint density at radius 2 is 2.25 bits per heavy atom. The van der Waals surface area contributed by atoms with Crippen LogP contribution in [-0.4, -0.2) is 9.55 Å². The number of hydrogen-bond donors (Lipinski definition) is 0. The van der Waals surface area contributed by atoms with E-state index in [0.717, 1.165) is 11.0 Å². The highest BCUT2D eigenvalue weighted by atomic mass is 15.0. The van der Waals surface area contributed by atoms with E-state index >= 15 is 0 Å². The molecule has 2 nitrogen and oxygen atoms in total. The Bertz CT molecular complexity index is 434. The second kappa shape index (κ2) is 2.71. The molecule has 58 valence electrons. The summed E-state index contributed by atoms with van der Waals surface area (Å²) in [7, 11) is 0. The van der Waals surface area contributed by atoms with Crippen molar-refractivity contribution in [2.24, 2.45) is 0 Å². The van der Waals surface area contributed by atoms with Gasteiger partial charge in [-0.3, -0.25) is 0 Å². The highest BCUT2D eigenvalue weighted by molar-refractivity contribution is 5.74. The molecule has 1 aromatic carbocycles. The van der Waals surface area contributed by atoms with Crippen molar-refractivity contribution < 1.29 is 0 Å². The molecule has 0 radical (unpaired) electrons. The maximum absolute atomic E-state index is 5.21. The van der Waals surface area contributed by atoms with Crippen molar-refractivity contribution in [3.05, 3.63) is 30.6 Å². The molecule has 2 rings (SSSR count). The van der Waals surface area contributed by atoms with Crippen LogP contribution in [0.2, 0.25) is 0 Å². The van der Waals surface area contributed by atoms with Crippen LogP contribution in [0.5, 0.6) is 0 Å². The second-order valence-electron chi connectivity index (χ2n) is 2.57. The van der Waals surface area contributed by atoms with E-state index in [1.54, 1.807) is 6.33 Å². The first kappa shape index (κ1) is 6.93. The van der Waals surface area contributed by atoms with Crippen molar-refractivity contribution in [3.8, 4) is 12.3 Å². The Labute approximate surface area is 70.8 Å². The van der Waals surface area contributed by atoms with Gasteiger partial charge in [-0.25, -0.2) is 4.98 Å². The largest absolute Gasteiger partial charge is 0.319 e. The number of fused-ring (bicyclic) bond motifs is 1. The third kappa shape index (κ3) is 0.960. The second-order valence-corrected chi connectivity index (χ2v) is 2.57. The lowest BCUT2D eigenvalue weighted by Gasteiger charge is -1.95. The third-order valence-electron chi connectivity index (χ3n) is 1.79. The van der Waals surface area contributed by atoms with Crippen LogP contribution in [0.4, 0.5) is 0 Å². The van der Waals surface area contributed by atoms with Crippen LogP contribution in [0, 0.1) is 12.3 Å². The fourth-order valence-corrected chi connectivity index (χ4v) is 1.23. The summed E-state index contributed by atoms with van der Waals surface area (Å²) in [4.78, 5) is 4.20. The number of hydrogen-bond acceptors (Lipinski definition) is 1. The molecule has 0 aliphatic heterocycles. The van der Waals surface area contributed by atoms with E-state index in [1.807, 2.05) is 28.8 Å². The molecule has 0 saturated carbocycles. The predicted octanol–water partition coefficient (Wildman–Crippen LogP) is 1.67. The molecule has 0 saturated heterocycles. The minimum Gasteiger partial charge on any atom is -0.319 e. The molecule has 0 fully saturated rings. The first-order valence-corrected chi connectivity index (χ1v) is 3.75. The summed E-state index contributed by atoms with van der Waals surface area (Å²) in [6.07, 6.45) is 6.98. The van der Waals surface area contributed by atoms with Crippen molar-refractivity contribution in [3.63, 3.8) is 0 Å². The third-order valence-corrected chi connectivity index (χ3v) is 1.79. The molecule has 0 atom stereocenters. The lowest BCUT2D eigenvalue weighted by molar-refractivity contribution is 0.871. The summed E-state index contributed by atoms with van der Waals surface area (Å²) in [5, 5.41) is 0. The highest BCUT2D eigenvalue weighted by Gasteiger charge is 1.97. The van der Waals surface area contributed by atoms with Crippen LogP contribution >= 0.6 is 0 Å². The van der Waals surface area contributed by atoms with Crippen LogP contribution in [0.25, 0.3) is 11.0 Å². The van der Waals surface area contributed by atoms with Gasteiger partial charge in [0.2, 0.25) is 0 Å². The van der Waals surface area contributed by atoms with Crippen molar-refractivity contribution in [2.45, 2.75) is 6.54 Å². The van der Waals surface area contributed by atoms with Crippen LogP contribution < -0.4 is 0 Å². The smallest absolute Gasteiger partial charge is 0.0966 e. The van der Waals surface area contributed by atoms with Crippen molar-refractivity contribution in [1.29, 1.82) is 0 Å². The fourth-order valence-electron chi connectivity index (χ4n) is 1.23. The van der Waals surface area contributed by atoms with Gasteiger partial charge in [0, 0.05) is 0 Å². The first-order chi connectivity index (χ1) is 5.92. The Balaban J connectivity index is 2.64. The van der Waals surface area contributed by atoms with Crippen LogP contribution in [0.1, 0.15) is 0 Å². The minimum absolute atomic E-state index is 0.584. The van der Waals surface area contributed by atoms with Gasteiger partial charge in [0.05, 0.1) is 23.9 Å². The van der Waals surface area contributed by atoms with Crippen LogP contribution in [0.3, 0.4) is 0 Å². The van der Waals surface area contributed by atoms with Gasteiger partial charge in [0.15, 0.2) is 0 Å². The average Bonchev–Trinajstić information content (AvgIpc) is 2.50. The maximum atomic E-state index is 5.21. The van der Waals surface area contributed by atoms with E-state index in [4.69, 9.17) is 6.42 Å². The van der Waals surface area contributed by atoms with Gasteiger partial charge in [0.1, 0.15) is 0 Å². The summed E-state index contributed by atoms with van der Waals surface area (Å²) >= 11 is 0. The molecule has 0 bridgehead atoms. The van der Waals surface area contributed by atoms with Gasteiger partial charge < -0.3 is 4.57 Å². The van der Waals surface area contributed by atoms with Gasteiger partial charge in [-0.1, -0.05) is 18.1 Å². The minimum atomic E-state index is 0.584. The predicted molar refractivity (Wildman–Crippen MR) is 48.6 cm³/mol. The van der Waals surface area contributed by atoms with E-state index in [1.165, 1.54) is 0 Å². The Kier molecular flexibility index (Phi) is 1.56. The summed E-state index contributed by atoms with van der Waals surface area (Å²) in [5.41, 5.74) is 2.09. The molecule has 2 heteroatoms. The molecule has 1 aromatic heterocycles. The zero-order valence-electron chi connectivity index (χ0n) is 6.57. The molecule has 1 heterocycles. The maximum Gasteiger partial charge on any atom is 0.0966 e. The van der Waals surface area contributed by atoms with Crippen LogP contribution in [-0.2, 0) is 6.54 Å². The summed E-state index contributed by atoms with van der Waals surface area (Å²) in [6.45, 7) is 0.584. The standard InChI is InChI=1S/C10H8N2/c1-2-7-12-8-11-9-5-3-4-6-10(9)12/h1,3-6,8H,7H2. The molecule has 0 aliphatic carbocycles. The SMILES string of the molecule is C#CCn1cnc2ccccc21. The van der Waals surface area contributed by atoms with Gasteiger partial charge in [-0.05, 0) is 12.1 Å². The number of rotatable bonds is 1. The molecule has 12 heavy (non-hydrogen) atoms. The molecule has 2 aromatic rings. The zero-order chi connectivity index (χ0) is 8.39. The Morgan fingerprint density at radius 1 is 1.42 bits per heavy atom. The van der Waals surface area contributed by atoms with Gasteiger partial charge >= 0.3 is 0 Å². The lowest BCUT2D eigenvalue weighted by atomic mass is 10.3. The fraction of sp³-hybridized carbons (Fsp3) is 0.100. The van der Waals surface area contributed by atoms with E-state index in [9.17, 15) is 0 Å². The summed E-state index contributed by atoms with van der Waals surface area (Å²) in [6, 6.07) is 7.94. The molecule has 0 amide bonds. The first-order valence-electron chi connectivity index (χ1n) is 3.75. The number of nitrogens with zero attached hydrogens (tertiary/aromatic N) is 2. The van der Waals surface area contributed by atoms with E-state index in [0.29, 0.717) is 6.54 Å². The van der Waals surface area contributed by atoms with Crippen molar-refractivity contribution >= 4 is 11.0 Å². The van der Waals surface area contributed by atoms with E-state index in [2.05, 4.69) is 10.9 Å². The van der Waals surface area contributed by atoms with Crippen LogP contribution in [0.15, 0.2) is 30.6 Å². The molecule has 0 N–H and O–H groups in total. The van der Waals surface area contributed by atoms with Crippen molar-refractivity contribution in [1.82, 2.24) is 9.55 Å². The molecule has 0 spiro atoms. The van der Waals surface area contributed by atoms with Gasteiger partial charge in [-0.2, -0.15) is 0 Å². The van der Waals surface area contributed by atoms with E-state index in [-0.39, 0.29) is 0 Å². The number of aromatic nitrogens is 2. The molecular formula is C10H8N2. The number of benzene rings is 1. The molecule has 0 aliphatic rings. The molecule has 0 unspecified atom stereocenters. The number of para-hydroxylation sites is 2. The number of terminal acetylenes is 1. The Hall–Kier alpha value is -1.75. The monoisotopic (exact) mass is 156 g/mol. The lowest BCUT2D eigenvalue weighted by Crippen LogP contribution is -1.91. The van der Waals surface area contributed by atoms with E-state index < -0.39 is 0 Å². The Morgan fingerprint density at radius 3 is 3.08 bits per heavy atom. The average molecular weight is 156 g/mol. The number of imidazole rings is 1. The molecular weight excluding hydrogens is 148 g/mol. The summed E-state index contributed by atoms with van der Waals surface area (Å²) < 4.78 is 1.95. The van der Waals surface area contributed by atoms with Gasteiger partial charge in [-0.15, -0.1) is 6.42 Å². The zero-order valence-corrected chi connectivity index (χ0v) is 6.57. The summed E-state index contributed by atoms with van der Waals surface area (Å²) in [5.74, 6) is 2.59. The van der Waals surface area contributed by atoms with Gasteiger partial charge in [0.25, 0.3) is 0 Å². The quantitative estimate of drug-likeness (QED) is 0.574. The topological polar surface area (TPSA) is 17.8 Å². The van der Waals surface area contributed by atoms with Crippen molar-refractivity contribution in [2.75, 3.05) is 0 Å². The normalized spacial score (nSPS) is 9.92.